The number of nitrogens with zero attached hydrogens (tertiary/aromatic N) is 2. The Morgan fingerprint density at radius 3 is 2.28 bits per heavy atom. The van der Waals surface area contributed by atoms with Crippen LogP contribution >= 0.6 is 11.3 Å². The predicted octanol–water partition coefficient (Wildman–Crippen LogP) is 2.91. The van der Waals surface area contributed by atoms with Crippen LogP contribution in [0.5, 0.6) is 0 Å². The van der Waals surface area contributed by atoms with Gasteiger partial charge in [-0.15, -0.1) is 0 Å². The molecule has 1 fully saturated rings. The van der Waals surface area contributed by atoms with Crippen molar-refractivity contribution in [2.45, 2.75) is 25.8 Å². The molecule has 2 heterocycles. The normalized spacial score (nSPS) is 16.6. The summed E-state index contributed by atoms with van der Waals surface area (Å²) in [6, 6.07) is 9.78. The number of carbonyl (C=O) groups excluding carboxylic acids is 2. The van der Waals surface area contributed by atoms with Crippen LogP contribution in [0.1, 0.15) is 36.9 Å². The van der Waals surface area contributed by atoms with E-state index in [1.807, 2.05) is 29.6 Å². The first kappa shape index (κ1) is 21.5. The van der Waals surface area contributed by atoms with Crippen LogP contribution in [-0.2, 0) is 9.59 Å². The summed E-state index contributed by atoms with van der Waals surface area (Å²) in [4.78, 5) is 29.4. The van der Waals surface area contributed by atoms with Crippen molar-refractivity contribution in [2.75, 3.05) is 45.1 Å². The standard InChI is InChI=1S/C22H30N4O2S/c1-16(2)17-4-6-19(7-5-17)24-22(28)21(27)23-14-20(18-8-13-29-15-18)26-11-9-25(3)10-12-26/h4-8,13,15-16,20H,9-12,14H2,1-3H3,(H,23,27)(H,24,28)/t20-/m1/s1. The fourth-order valence-electron chi connectivity index (χ4n) is 3.46. The van der Waals surface area contributed by atoms with E-state index >= 15 is 0 Å². The third-order valence-corrected chi connectivity index (χ3v) is 6.11. The Morgan fingerprint density at radius 2 is 1.69 bits per heavy atom. The second kappa shape index (κ2) is 10.0. The van der Waals surface area contributed by atoms with Crippen molar-refractivity contribution >= 4 is 28.8 Å². The third-order valence-electron chi connectivity index (χ3n) is 5.40. The van der Waals surface area contributed by atoms with Gasteiger partial charge in [-0.05, 0) is 53.1 Å². The molecule has 1 aliphatic rings. The van der Waals surface area contributed by atoms with Crippen LogP contribution in [0, 0.1) is 0 Å². The van der Waals surface area contributed by atoms with Crippen molar-refractivity contribution in [3.8, 4) is 0 Å². The fourth-order valence-corrected chi connectivity index (χ4v) is 4.17. The van der Waals surface area contributed by atoms with Gasteiger partial charge in [-0.1, -0.05) is 26.0 Å². The van der Waals surface area contributed by atoms with Crippen molar-refractivity contribution in [1.82, 2.24) is 15.1 Å². The molecule has 1 saturated heterocycles. The van der Waals surface area contributed by atoms with E-state index in [-0.39, 0.29) is 6.04 Å². The molecule has 1 aromatic heterocycles. The lowest BCUT2D eigenvalue weighted by Crippen LogP contribution is -2.49. The van der Waals surface area contributed by atoms with Crippen LogP contribution in [0.4, 0.5) is 5.69 Å². The number of likely N-dealkylation sites (N-methyl/N-ethyl adjacent to an activating group) is 1. The maximum atomic E-state index is 12.4. The van der Waals surface area contributed by atoms with Crippen molar-refractivity contribution in [1.29, 1.82) is 0 Å². The van der Waals surface area contributed by atoms with Crippen LogP contribution in [-0.4, -0.2) is 61.4 Å². The Balaban J connectivity index is 1.57. The molecule has 2 amide bonds. The minimum Gasteiger partial charge on any atom is -0.346 e. The van der Waals surface area contributed by atoms with Gasteiger partial charge < -0.3 is 15.5 Å². The zero-order valence-corrected chi connectivity index (χ0v) is 18.2. The summed E-state index contributed by atoms with van der Waals surface area (Å²) < 4.78 is 0. The number of anilines is 1. The Kier molecular flexibility index (Phi) is 7.41. The summed E-state index contributed by atoms with van der Waals surface area (Å²) in [7, 11) is 2.12. The number of nitrogens with one attached hydrogen (secondary N) is 2. The molecular weight excluding hydrogens is 384 g/mol. The predicted molar refractivity (Wildman–Crippen MR) is 118 cm³/mol. The first-order valence-corrected chi connectivity index (χ1v) is 11.0. The number of carbonyl (C=O) groups is 2. The highest BCUT2D eigenvalue weighted by Crippen LogP contribution is 2.23. The number of benzene rings is 1. The Labute approximate surface area is 176 Å². The van der Waals surface area contributed by atoms with Crippen LogP contribution < -0.4 is 10.6 Å². The van der Waals surface area contributed by atoms with Gasteiger partial charge in [0, 0.05) is 38.4 Å². The van der Waals surface area contributed by atoms with Crippen molar-refractivity contribution in [3.63, 3.8) is 0 Å². The zero-order chi connectivity index (χ0) is 20.8. The molecule has 0 aliphatic carbocycles. The topological polar surface area (TPSA) is 64.7 Å². The second-order valence-corrected chi connectivity index (χ2v) is 8.63. The molecule has 2 aromatic rings. The number of amides is 2. The van der Waals surface area contributed by atoms with E-state index in [1.165, 1.54) is 11.1 Å². The molecule has 1 atom stereocenters. The quantitative estimate of drug-likeness (QED) is 0.714. The van der Waals surface area contributed by atoms with Crippen LogP contribution in [0.3, 0.4) is 0 Å². The molecule has 7 heteroatoms. The number of thiophene rings is 1. The average Bonchev–Trinajstić information content (AvgIpc) is 3.24. The number of piperazine rings is 1. The van der Waals surface area contributed by atoms with E-state index in [9.17, 15) is 9.59 Å². The van der Waals surface area contributed by atoms with Crippen molar-refractivity contribution in [3.05, 3.63) is 52.2 Å². The SMILES string of the molecule is CC(C)c1ccc(NC(=O)C(=O)NC[C@H](c2ccsc2)N2CCN(C)CC2)cc1. The van der Waals surface area contributed by atoms with E-state index in [2.05, 4.69) is 52.8 Å². The first-order chi connectivity index (χ1) is 13.9. The van der Waals surface area contributed by atoms with Gasteiger partial charge in [0.15, 0.2) is 0 Å². The van der Waals surface area contributed by atoms with Gasteiger partial charge in [0.2, 0.25) is 0 Å². The molecule has 0 radical (unpaired) electrons. The highest BCUT2D eigenvalue weighted by atomic mass is 32.1. The summed E-state index contributed by atoms with van der Waals surface area (Å²) >= 11 is 1.65. The van der Waals surface area contributed by atoms with Gasteiger partial charge in [-0.3, -0.25) is 14.5 Å². The summed E-state index contributed by atoms with van der Waals surface area (Å²) in [6.45, 7) is 8.54. The van der Waals surface area contributed by atoms with E-state index in [0.717, 1.165) is 26.2 Å². The molecule has 3 rings (SSSR count). The maximum Gasteiger partial charge on any atom is 0.313 e. The molecular formula is C22H30N4O2S. The van der Waals surface area contributed by atoms with Crippen LogP contribution in [0.2, 0.25) is 0 Å². The first-order valence-electron chi connectivity index (χ1n) is 10.1. The minimum atomic E-state index is -0.634. The molecule has 2 N–H and O–H groups in total. The van der Waals surface area contributed by atoms with E-state index in [4.69, 9.17) is 0 Å². The lowest BCUT2D eigenvalue weighted by Gasteiger charge is -2.37. The zero-order valence-electron chi connectivity index (χ0n) is 17.4. The molecule has 0 spiro atoms. The van der Waals surface area contributed by atoms with Gasteiger partial charge in [0.05, 0.1) is 6.04 Å². The Bertz CT molecular complexity index is 797. The van der Waals surface area contributed by atoms with E-state index in [1.54, 1.807) is 11.3 Å². The average molecular weight is 415 g/mol. The molecule has 156 valence electrons. The van der Waals surface area contributed by atoms with Crippen LogP contribution in [0.15, 0.2) is 41.1 Å². The molecule has 1 aromatic carbocycles. The van der Waals surface area contributed by atoms with E-state index < -0.39 is 11.8 Å². The summed E-state index contributed by atoms with van der Waals surface area (Å²) in [6.07, 6.45) is 0. The van der Waals surface area contributed by atoms with Gasteiger partial charge >= 0.3 is 11.8 Å². The minimum absolute atomic E-state index is 0.0806. The Morgan fingerprint density at radius 1 is 1.00 bits per heavy atom. The lowest BCUT2D eigenvalue weighted by molar-refractivity contribution is -0.136. The summed E-state index contributed by atoms with van der Waals surface area (Å²) in [5, 5.41) is 9.68. The molecule has 0 saturated carbocycles. The number of rotatable bonds is 6. The molecule has 6 nitrogen and oxygen atoms in total. The molecule has 0 bridgehead atoms. The lowest BCUT2D eigenvalue weighted by atomic mass is 10.0. The third kappa shape index (κ3) is 5.88. The van der Waals surface area contributed by atoms with Gasteiger partial charge in [-0.2, -0.15) is 11.3 Å². The van der Waals surface area contributed by atoms with Crippen molar-refractivity contribution in [2.24, 2.45) is 0 Å². The Hall–Kier alpha value is -2.22. The van der Waals surface area contributed by atoms with Gasteiger partial charge in [0.25, 0.3) is 0 Å². The highest BCUT2D eigenvalue weighted by Gasteiger charge is 2.25. The van der Waals surface area contributed by atoms with Crippen LogP contribution in [0.25, 0.3) is 0 Å². The highest BCUT2D eigenvalue weighted by molar-refractivity contribution is 7.08. The van der Waals surface area contributed by atoms with Gasteiger partial charge in [0.1, 0.15) is 0 Å². The number of hydrogen-bond donors (Lipinski definition) is 2. The smallest absolute Gasteiger partial charge is 0.313 e. The largest absolute Gasteiger partial charge is 0.346 e. The summed E-state index contributed by atoms with van der Waals surface area (Å²) in [5.74, 6) is -0.816. The summed E-state index contributed by atoms with van der Waals surface area (Å²) in [5.41, 5.74) is 3.01. The fraction of sp³-hybridized carbons (Fsp3) is 0.455. The molecule has 1 aliphatic heterocycles. The monoisotopic (exact) mass is 414 g/mol. The number of hydrogen-bond acceptors (Lipinski definition) is 5. The second-order valence-electron chi connectivity index (χ2n) is 7.85. The van der Waals surface area contributed by atoms with E-state index in [0.29, 0.717) is 18.2 Å². The maximum absolute atomic E-state index is 12.4. The van der Waals surface area contributed by atoms with Gasteiger partial charge in [-0.25, -0.2) is 0 Å². The van der Waals surface area contributed by atoms with Crippen molar-refractivity contribution < 1.29 is 9.59 Å². The molecule has 29 heavy (non-hydrogen) atoms. The molecule has 0 unspecified atom stereocenters.